The number of thioether (sulfide) groups is 1. The molecule has 27 heavy (non-hydrogen) atoms. The van der Waals surface area contributed by atoms with E-state index in [0.717, 1.165) is 21.6 Å². The van der Waals surface area contributed by atoms with E-state index in [1.54, 1.807) is 17.8 Å². The highest BCUT2D eigenvalue weighted by Crippen LogP contribution is 2.21. The lowest BCUT2D eigenvalue weighted by Crippen LogP contribution is -2.29. The molecule has 138 valence electrons. The van der Waals surface area contributed by atoms with Gasteiger partial charge in [-0.25, -0.2) is 4.68 Å². The van der Waals surface area contributed by atoms with Gasteiger partial charge in [0.15, 0.2) is 0 Å². The van der Waals surface area contributed by atoms with Gasteiger partial charge in [-0.15, -0.1) is 11.8 Å². The zero-order chi connectivity index (χ0) is 19.4. The molecule has 1 heterocycles. The molecule has 1 N–H and O–H groups in total. The van der Waals surface area contributed by atoms with Crippen LogP contribution in [0.5, 0.6) is 0 Å². The number of rotatable bonds is 5. The summed E-state index contributed by atoms with van der Waals surface area (Å²) in [4.78, 5) is 25.6. The van der Waals surface area contributed by atoms with Gasteiger partial charge in [-0.3, -0.25) is 9.59 Å². The molecule has 0 bridgehead atoms. The number of aromatic nitrogens is 2. The number of amides is 1. The second-order valence-electron chi connectivity index (χ2n) is 6.31. The van der Waals surface area contributed by atoms with Crippen molar-refractivity contribution in [1.29, 1.82) is 0 Å². The second-order valence-corrected chi connectivity index (χ2v) is 7.19. The Bertz CT molecular complexity index is 1030. The van der Waals surface area contributed by atoms with Crippen LogP contribution >= 0.6 is 11.8 Å². The van der Waals surface area contributed by atoms with E-state index in [2.05, 4.69) is 10.4 Å². The summed E-state index contributed by atoms with van der Waals surface area (Å²) in [7, 11) is 0. The van der Waals surface area contributed by atoms with Gasteiger partial charge in [0.1, 0.15) is 6.54 Å². The van der Waals surface area contributed by atoms with Crippen LogP contribution < -0.4 is 10.9 Å². The summed E-state index contributed by atoms with van der Waals surface area (Å²) in [5.74, 6) is -0.292. The summed E-state index contributed by atoms with van der Waals surface area (Å²) in [5, 5.41) is 7.19. The Hall–Kier alpha value is -2.86. The Morgan fingerprint density at radius 3 is 2.52 bits per heavy atom. The molecule has 0 atom stereocenters. The lowest BCUT2D eigenvalue weighted by atomic mass is 10.0. The highest BCUT2D eigenvalue weighted by Gasteiger charge is 2.10. The van der Waals surface area contributed by atoms with Crippen molar-refractivity contribution in [1.82, 2.24) is 9.78 Å². The van der Waals surface area contributed by atoms with Gasteiger partial charge in [0.25, 0.3) is 5.56 Å². The summed E-state index contributed by atoms with van der Waals surface area (Å²) < 4.78 is 1.20. The minimum absolute atomic E-state index is 0.137. The van der Waals surface area contributed by atoms with Gasteiger partial charge in [-0.1, -0.05) is 17.7 Å². The molecule has 2 aromatic carbocycles. The SMILES string of the molecule is CSc1ccc(NC(=O)Cn2nc(-c3cc(C)ccc3C)ccc2=O)cc1. The average Bonchev–Trinajstić information content (AvgIpc) is 2.66. The van der Waals surface area contributed by atoms with E-state index in [4.69, 9.17) is 0 Å². The van der Waals surface area contributed by atoms with Crippen LogP contribution in [0.3, 0.4) is 0 Å². The summed E-state index contributed by atoms with van der Waals surface area (Å²) >= 11 is 1.63. The minimum atomic E-state index is -0.308. The van der Waals surface area contributed by atoms with Crippen LogP contribution in [0.2, 0.25) is 0 Å². The van der Waals surface area contributed by atoms with Crippen molar-refractivity contribution in [2.24, 2.45) is 0 Å². The van der Waals surface area contributed by atoms with Crippen LogP contribution in [0.25, 0.3) is 11.3 Å². The fourth-order valence-electron chi connectivity index (χ4n) is 2.73. The van der Waals surface area contributed by atoms with E-state index >= 15 is 0 Å². The molecule has 0 fully saturated rings. The predicted molar refractivity (Wildman–Crippen MR) is 110 cm³/mol. The smallest absolute Gasteiger partial charge is 0.267 e. The van der Waals surface area contributed by atoms with Crippen LogP contribution in [-0.2, 0) is 11.3 Å². The Kier molecular flexibility index (Phi) is 5.76. The lowest BCUT2D eigenvalue weighted by molar-refractivity contribution is -0.117. The minimum Gasteiger partial charge on any atom is -0.324 e. The van der Waals surface area contributed by atoms with E-state index in [9.17, 15) is 9.59 Å². The van der Waals surface area contributed by atoms with Crippen LogP contribution in [0.1, 0.15) is 11.1 Å². The number of carbonyl (C=O) groups is 1. The Morgan fingerprint density at radius 2 is 1.81 bits per heavy atom. The molecule has 0 aliphatic heterocycles. The van der Waals surface area contributed by atoms with Gasteiger partial charge in [-0.2, -0.15) is 5.10 Å². The first-order valence-electron chi connectivity index (χ1n) is 8.56. The maximum absolute atomic E-state index is 12.3. The molecule has 3 rings (SSSR count). The topological polar surface area (TPSA) is 64.0 Å². The molecule has 0 saturated heterocycles. The summed E-state index contributed by atoms with van der Waals surface area (Å²) in [6.07, 6.45) is 1.99. The molecule has 3 aromatic rings. The average molecular weight is 379 g/mol. The summed E-state index contributed by atoms with van der Waals surface area (Å²) in [6.45, 7) is 3.87. The molecular weight excluding hydrogens is 358 g/mol. The molecular formula is C21H21N3O2S. The Morgan fingerprint density at radius 1 is 1.07 bits per heavy atom. The molecule has 1 amide bonds. The quantitative estimate of drug-likeness (QED) is 0.683. The number of hydrogen-bond acceptors (Lipinski definition) is 4. The normalized spacial score (nSPS) is 10.6. The number of aryl methyl sites for hydroxylation is 2. The summed E-state index contributed by atoms with van der Waals surface area (Å²) in [5.41, 5.74) is 4.19. The Labute approximate surface area is 162 Å². The van der Waals surface area contributed by atoms with Gasteiger partial charge in [0.2, 0.25) is 5.91 Å². The van der Waals surface area contributed by atoms with Crippen molar-refractivity contribution in [3.63, 3.8) is 0 Å². The highest BCUT2D eigenvalue weighted by atomic mass is 32.2. The first-order valence-corrected chi connectivity index (χ1v) is 9.78. The van der Waals surface area contributed by atoms with Gasteiger partial charge in [-0.05, 0) is 62.1 Å². The predicted octanol–water partition coefficient (Wildman–Crippen LogP) is 3.89. The third-order valence-corrected chi connectivity index (χ3v) is 4.95. The van der Waals surface area contributed by atoms with E-state index in [1.165, 1.54) is 10.7 Å². The number of carbonyl (C=O) groups excluding carboxylic acids is 1. The van der Waals surface area contributed by atoms with Crippen LogP contribution in [0, 0.1) is 13.8 Å². The number of anilines is 1. The summed E-state index contributed by atoms with van der Waals surface area (Å²) in [6, 6.07) is 16.8. The fraction of sp³-hybridized carbons (Fsp3) is 0.190. The molecule has 0 unspecified atom stereocenters. The van der Waals surface area contributed by atoms with E-state index in [-0.39, 0.29) is 18.0 Å². The van der Waals surface area contributed by atoms with Gasteiger partial charge in [0, 0.05) is 22.2 Å². The number of benzene rings is 2. The third kappa shape index (κ3) is 4.65. The van der Waals surface area contributed by atoms with Crippen molar-refractivity contribution < 1.29 is 4.79 Å². The molecule has 0 radical (unpaired) electrons. The highest BCUT2D eigenvalue weighted by molar-refractivity contribution is 7.98. The van der Waals surface area contributed by atoms with E-state index in [1.807, 2.05) is 62.6 Å². The van der Waals surface area contributed by atoms with Gasteiger partial charge >= 0.3 is 0 Å². The van der Waals surface area contributed by atoms with Crippen LogP contribution in [0.4, 0.5) is 5.69 Å². The maximum Gasteiger partial charge on any atom is 0.267 e. The number of hydrogen-bond donors (Lipinski definition) is 1. The third-order valence-electron chi connectivity index (χ3n) is 4.20. The standard InChI is InChI=1S/C21H21N3O2S/c1-14-4-5-15(2)18(12-14)19-10-11-21(26)24(23-19)13-20(25)22-16-6-8-17(27-3)9-7-16/h4-12H,13H2,1-3H3,(H,22,25). The van der Waals surface area contributed by atoms with Crippen molar-refractivity contribution in [2.45, 2.75) is 25.3 Å². The molecule has 0 aliphatic rings. The molecule has 5 nitrogen and oxygen atoms in total. The van der Waals surface area contributed by atoms with E-state index < -0.39 is 0 Å². The van der Waals surface area contributed by atoms with Gasteiger partial charge in [0.05, 0.1) is 5.69 Å². The van der Waals surface area contributed by atoms with Crippen LogP contribution in [-0.4, -0.2) is 21.9 Å². The van der Waals surface area contributed by atoms with E-state index in [0.29, 0.717) is 11.4 Å². The maximum atomic E-state index is 12.3. The number of nitrogens with zero attached hydrogens (tertiary/aromatic N) is 2. The zero-order valence-corrected chi connectivity index (χ0v) is 16.3. The first kappa shape index (κ1) is 18.9. The largest absolute Gasteiger partial charge is 0.324 e. The fourth-order valence-corrected chi connectivity index (χ4v) is 3.14. The second kappa shape index (κ2) is 8.22. The molecule has 0 saturated carbocycles. The van der Waals surface area contributed by atoms with Crippen LogP contribution in [0.15, 0.2) is 64.3 Å². The number of nitrogens with one attached hydrogen (secondary N) is 1. The van der Waals surface area contributed by atoms with Crippen molar-refractivity contribution in [3.8, 4) is 11.3 Å². The first-order chi connectivity index (χ1) is 13.0. The van der Waals surface area contributed by atoms with Crippen molar-refractivity contribution in [3.05, 3.63) is 76.1 Å². The Balaban J connectivity index is 1.80. The molecule has 0 spiro atoms. The van der Waals surface area contributed by atoms with Gasteiger partial charge < -0.3 is 5.32 Å². The molecule has 1 aromatic heterocycles. The van der Waals surface area contributed by atoms with Crippen molar-refractivity contribution in [2.75, 3.05) is 11.6 Å². The molecule has 6 heteroatoms. The molecule has 0 aliphatic carbocycles. The zero-order valence-electron chi connectivity index (χ0n) is 15.5. The lowest BCUT2D eigenvalue weighted by Gasteiger charge is -2.10. The monoisotopic (exact) mass is 379 g/mol. The van der Waals surface area contributed by atoms with Crippen molar-refractivity contribution >= 4 is 23.4 Å².